The van der Waals surface area contributed by atoms with Crippen LogP contribution in [0.25, 0.3) is 0 Å². The Balaban J connectivity index is 2.08. The molecule has 0 saturated heterocycles. The van der Waals surface area contributed by atoms with E-state index in [0.717, 1.165) is 24.6 Å². The lowest BCUT2D eigenvalue weighted by atomic mass is 10.2. The maximum absolute atomic E-state index is 5.82. The first-order valence-electron chi connectivity index (χ1n) is 6.82. The highest BCUT2D eigenvalue weighted by atomic mass is 16.5. The molecule has 0 heterocycles. The predicted octanol–water partition coefficient (Wildman–Crippen LogP) is 4.63. The molecule has 0 aliphatic rings. The van der Waals surface area contributed by atoms with Crippen molar-refractivity contribution in [1.82, 2.24) is 0 Å². The summed E-state index contributed by atoms with van der Waals surface area (Å²) in [6.45, 7) is 8.45. The second-order valence-electron chi connectivity index (χ2n) is 4.58. The van der Waals surface area contributed by atoms with Gasteiger partial charge in [-0.2, -0.15) is 0 Å². The lowest BCUT2D eigenvalue weighted by molar-refractivity contribution is 0.482. The first kappa shape index (κ1) is 13.5. The molecule has 0 aliphatic heterocycles. The zero-order chi connectivity index (χ0) is 13.7. The van der Waals surface area contributed by atoms with E-state index in [1.54, 1.807) is 0 Å². The largest absolute Gasteiger partial charge is 0.457 e. The van der Waals surface area contributed by atoms with Gasteiger partial charge >= 0.3 is 0 Å². The summed E-state index contributed by atoms with van der Waals surface area (Å²) in [6.07, 6.45) is 0. The van der Waals surface area contributed by atoms with Crippen molar-refractivity contribution in [1.29, 1.82) is 0 Å². The van der Waals surface area contributed by atoms with Crippen LogP contribution < -0.4 is 9.64 Å². The molecule has 0 N–H and O–H groups in total. The summed E-state index contributed by atoms with van der Waals surface area (Å²) < 4.78 is 5.82. The highest BCUT2D eigenvalue weighted by Crippen LogP contribution is 2.24. The maximum Gasteiger partial charge on any atom is 0.127 e. The Morgan fingerprint density at radius 3 is 1.74 bits per heavy atom. The summed E-state index contributed by atoms with van der Waals surface area (Å²) in [4.78, 5) is 2.32. The standard InChI is InChI=1S/C17H21NO/c1-4-18(5-2)15-8-12-17(13-9-15)19-16-10-6-14(3)7-11-16/h6-13H,4-5H2,1-3H3. The first-order valence-corrected chi connectivity index (χ1v) is 6.82. The van der Waals surface area contributed by atoms with Gasteiger partial charge in [0.25, 0.3) is 0 Å². The summed E-state index contributed by atoms with van der Waals surface area (Å²) in [5, 5.41) is 0. The Kier molecular flexibility index (Phi) is 4.45. The summed E-state index contributed by atoms with van der Waals surface area (Å²) in [6, 6.07) is 16.4. The van der Waals surface area contributed by atoms with Crippen LogP contribution in [-0.4, -0.2) is 13.1 Å². The van der Waals surface area contributed by atoms with Crippen LogP contribution >= 0.6 is 0 Å². The van der Waals surface area contributed by atoms with Crippen molar-refractivity contribution in [3.8, 4) is 11.5 Å². The number of ether oxygens (including phenoxy) is 1. The van der Waals surface area contributed by atoms with Gasteiger partial charge in [0.2, 0.25) is 0 Å². The number of rotatable bonds is 5. The minimum atomic E-state index is 0.875. The topological polar surface area (TPSA) is 12.5 Å². The van der Waals surface area contributed by atoms with E-state index in [0.29, 0.717) is 0 Å². The van der Waals surface area contributed by atoms with E-state index in [1.807, 2.05) is 24.3 Å². The fraction of sp³-hybridized carbons (Fsp3) is 0.294. The van der Waals surface area contributed by atoms with E-state index in [2.05, 4.69) is 49.9 Å². The van der Waals surface area contributed by atoms with Crippen LogP contribution in [-0.2, 0) is 0 Å². The van der Waals surface area contributed by atoms with E-state index in [4.69, 9.17) is 4.74 Å². The van der Waals surface area contributed by atoms with Gasteiger partial charge in [-0.15, -0.1) is 0 Å². The van der Waals surface area contributed by atoms with E-state index < -0.39 is 0 Å². The van der Waals surface area contributed by atoms with Crippen LogP contribution in [0.15, 0.2) is 48.5 Å². The molecule has 0 saturated carbocycles. The van der Waals surface area contributed by atoms with Crippen LogP contribution in [0.3, 0.4) is 0 Å². The zero-order valence-electron chi connectivity index (χ0n) is 11.9. The Hall–Kier alpha value is -1.96. The van der Waals surface area contributed by atoms with E-state index in [-0.39, 0.29) is 0 Å². The minimum Gasteiger partial charge on any atom is -0.457 e. The van der Waals surface area contributed by atoms with E-state index >= 15 is 0 Å². The molecule has 2 aromatic carbocycles. The normalized spacial score (nSPS) is 10.3. The second-order valence-corrected chi connectivity index (χ2v) is 4.58. The van der Waals surface area contributed by atoms with Crippen LogP contribution in [0.1, 0.15) is 19.4 Å². The SMILES string of the molecule is CCN(CC)c1ccc(Oc2ccc(C)cc2)cc1. The molecule has 0 aliphatic carbocycles. The van der Waals surface area contributed by atoms with Crippen molar-refractivity contribution in [2.45, 2.75) is 20.8 Å². The number of aryl methyl sites for hydroxylation is 1. The molecule has 0 spiro atoms. The van der Waals surface area contributed by atoms with Crippen molar-refractivity contribution in [2.24, 2.45) is 0 Å². The number of hydrogen-bond acceptors (Lipinski definition) is 2. The van der Waals surface area contributed by atoms with Crippen molar-refractivity contribution < 1.29 is 4.74 Å². The average Bonchev–Trinajstić information content (AvgIpc) is 2.44. The molecule has 2 aromatic rings. The fourth-order valence-corrected chi connectivity index (χ4v) is 2.06. The molecular formula is C17H21NO. The zero-order valence-corrected chi connectivity index (χ0v) is 11.9. The van der Waals surface area contributed by atoms with Gasteiger partial charge in [0.1, 0.15) is 11.5 Å². The van der Waals surface area contributed by atoms with E-state index in [9.17, 15) is 0 Å². The summed E-state index contributed by atoms with van der Waals surface area (Å²) in [5.41, 5.74) is 2.48. The van der Waals surface area contributed by atoms with Gasteiger partial charge in [-0.25, -0.2) is 0 Å². The third-order valence-corrected chi connectivity index (χ3v) is 3.22. The van der Waals surface area contributed by atoms with Crippen LogP contribution in [0.2, 0.25) is 0 Å². The van der Waals surface area contributed by atoms with Crippen molar-refractivity contribution in [2.75, 3.05) is 18.0 Å². The van der Waals surface area contributed by atoms with Crippen LogP contribution in [0, 0.1) is 6.92 Å². The second kappa shape index (κ2) is 6.28. The third-order valence-electron chi connectivity index (χ3n) is 3.22. The van der Waals surface area contributed by atoms with Gasteiger partial charge in [-0.3, -0.25) is 0 Å². The first-order chi connectivity index (χ1) is 9.22. The smallest absolute Gasteiger partial charge is 0.127 e. The van der Waals surface area contributed by atoms with Gasteiger partial charge in [-0.05, 0) is 57.2 Å². The fourth-order valence-electron chi connectivity index (χ4n) is 2.06. The Bertz CT molecular complexity index is 498. The molecule has 0 fully saturated rings. The average molecular weight is 255 g/mol. The summed E-state index contributed by atoms with van der Waals surface area (Å²) in [7, 11) is 0. The molecule has 100 valence electrons. The number of anilines is 1. The number of nitrogens with zero attached hydrogens (tertiary/aromatic N) is 1. The molecule has 19 heavy (non-hydrogen) atoms. The van der Waals surface area contributed by atoms with E-state index in [1.165, 1.54) is 11.3 Å². The van der Waals surface area contributed by atoms with Gasteiger partial charge < -0.3 is 9.64 Å². The molecule has 0 unspecified atom stereocenters. The Morgan fingerprint density at radius 2 is 1.26 bits per heavy atom. The van der Waals surface area contributed by atoms with Crippen molar-refractivity contribution in [3.63, 3.8) is 0 Å². The highest BCUT2D eigenvalue weighted by Gasteiger charge is 2.02. The molecule has 0 radical (unpaired) electrons. The molecule has 0 bridgehead atoms. The predicted molar refractivity (Wildman–Crippen MR) is 81.3 cm³/mol. The van der Waals surface area contributed by atoms with Gasteiger partial charge in [-0.1, -0.05) is 17.7 Å². The maximum atomic E-state index is 5.82. The van der Waals surface area contributed by atoms with Gasteiger partial charge in [0.15, 0.2) is 0 Å². The molecule has 2 nitrogen and oxygen atoms in total. The molecule has 2 heteroatoms. The molecule has 0 aromatic heterocycles. The summed E-state index contributed by atoms with van der Waals surface area (Å²) >= 11 is 0. The lowest BCUT2D eigenvalue weighted by Gasteiger charge is -2.21. The molecule has 0 amide bonds. The Labute approximate surface area is 115 Å². The highest BCUT2D eigenvalue weighted by molar-refractivity contribution is 5.49. The molecular weight excluding hydrogens is 234 g/mol. The van der Waals surface area contributed by atoms with Gasteiger partial charge in [0.05, 0.1) is 0 Å². The number of benzene rings is 2. The van der Waals surface area contributed by atoms with Crippen molar-refractivity contribution in [3.05, 3.63) is 54.1 Å². The monoisotopic (exact) mass is 255 g/mol. The number of hydrogen-bond donors (Lipinski definition) is 0. The minimum absolute atomic E-state index is 0.875. The van der Waals surface area contributed by atoms with Crippen LogP contribution in [0.5, 0.6) is 11.5 Å². The third kappa shape index (κ3) is 3.50. The molecule has 2 rings (SSSR count). The molecule has 0 atom stereocenters. The quantitative estimate of drug-likeness (QED) is 0.772. The lowest BCUT2D eigenvalue weighted by Crippen LogP contribution is -2.21. The summed E-state index contributed by atoms with van der Waals surface area (Å²) in [5.74, 6) is 1.75. The van der Waals surface area contributed by atoms with Crippen molar-refractivity contribution >= 4 is 5.69 Å². The van der Waals surface area contributed by atoms with Crippen LogP contribution in [0.4, 0.5) is 5.69 Å². The van der Waals surface area contributed by atoms with Gasteiger partial charge in [0, 0.05) is 18.8 Å². The Morgan fingerprint density at radius 1 is 0.789 bits per heavy atom.